The maximum atomic E-state index is 12.1. The minimum atomic E-state index is -0.380. The van der Waals surface area contributed by atoms with E-state index in [0.29, 0.717) is 6.61 Å². The van der Waals surface area contributed by atoms with Crippen LogP contribution in [0.4, 0.5) is 4.79 Å². The largest absolute Gasteiger partial charge is 0.358 e. The van der Waals surface area contributed by atoms with E-state index >= 15 is 0 Å². The van der Waals surface area contributed by atoms with Gasteiger partial charge in [-0.1, -0.05) is 24.3 Å². The Labute approximate surface area is 168 Å². The number of likely N-dealkylation sites (tertiary alicyclic amines) is 1. The van der Waals surface area contributed by atoms with Gasteiger partial charge < -0.3 is 20.7 Å². The number of nitrogens with one attached hydrogen (secondary N) is 3. The van der Waals surface area contributed by atoms with E-state index in [1.54, 1.807) is 0 Å². The summed E-state index contributed by atoms with van der Waals surface area (Å²) in [5, 5.41) is 8.56. The molecule has 0 aliphatic carbocycles. The number of hydrogen-bond donors (Lipinski definition) is 3. The van der Waals surface area contributed by atoms with Crippen LogP contribution in [-0.2, 0) is 25.7 Å². The Bertz CT molecular complexity index is 826. The van der Waals surface area contributed by atoms with Crippen LogP contribution in [0.3, 0.4) is 0 Å². The number of nitrogens with zero attached hydrogens (tertiary/aromatic N) is 1. The molecule has 0 spiro atoms. The molecule has 1 aromatic carbocycles. The molecule has 1 aromatic rings. The Balaban J connectivity index is 1.39. The summed E-state index contributed by atoms with van der Waals surface area (Å²) >= 11 is 0. The van der Waals surface area contributed by atoms with Gasteiger partial charge >= 0.3 is 6.03 Å². The molecule has 29 heavy (non-hydrogen) atoms. The molecule has 3 fully saturated rings. The maximum absolute atomic E-state index is 12.1. The van der Waals surface area contributed by atoms with Gasteiger partial charge in [-0.25, -0.2) is 4.79 Å². The van der Waals surface area contributed by atoms with Gasteiger partial charge in [0.05, 0.1) is 6.04 Å². The van der Waals surface area contributed by atoms with Crippen LogP contribution in [0.5, 0.6) is 0 Å². The van der Waals surface area contributed by atoms with Crippen molar-refractivity contribution in [1.29, 1.82) is 0 Å². The maximum Gasteiger partial charge on any atom is 0.317 e. The van der Waals surface area contributed by atoms with Crippen molar-refractivity contribution in [3.63, 3.8) is 0 Å². The average molecular weight is 400 g/mol. The Hall–Kier alpha value is -2.94. The molecule has 9 nitrogen and oxygen atoms in total. The minimum absolute atomic E-state index is 0.137. The van der Waals surface area contributed by atoms with Gasteiger partial charge in [0.2, 0.25) is 17.7 Å². The summed E-state index contributed by atoms with van der Waals surface area (Å²) in [6.07, 6.45) is 1.94. The molecule has 3 atom stereocenters. The third-order valence-corrected chi connectivity index (χ3v) is 5.61. The third kappa shape index (κ3) is 4.24. The van der Waals surface area contributed by atoms with Crippen LogP contribution in [0.15, 0.2) is 24.3 Å². The molecule has 3 aliphatic rings. The molecule has 154 valence electrons. The summed E-state index contributed by atoms with van der Waals surface area (Å²) in [5.41, 5.74) is 1.83. The lowest BCUT2D eigenvalue weighted by Crippen LogP contribution is -2.58. The zero-order chi connectivity index (χ0) is 20.4. The summed E-state index contributed by atoms with van der Waals surface area (Å²) in [7, 11) is 0. The Kier molecular flexibility index (Phi) is 5.48. The van der Waals surface area contributed by atoms with Crippen LogP contribution < -0.4 is 16.0 Å². The summed E-state index contributed by atoms with van der Waals surface area (Å²) in [6, 6.07) is 7.26. The average Bonchev–Trinajstić information content (AvgIpc) is 3.04. The van der Waals surface area contributed by atoms with E-state index in [4.69, 9.17) is 4.74 Å². The summed E-state index contributed by atoms with van der Waals surface area (Å²) < 4.78 is 5.71. The van der Waals surface area contributed by atoms with Gasteiger partial charge in [-0.05, 0) is 24.0 Å². The third-order valence-electron chi connectivity index (χ3n) is 5.61. The van der Waals surface area contributed by atoms with Crippen molar-refractivity contribution in [1.82, 2.24) is 20.9 Å². The van der Waals surface area contributed by atoms with E-state index in [-0.39, 0.29) is 67.9 Å². The molecule has 4 rings (SSSR count). The Morgan fingerprint density at radius 2 is 1.97 bits per heavy atom. The first-order chi connectivity index (χ1) is 14.0. The number of urea groups is 1. The van der Waals surface area contributed by atoms with E-state index < -0.39 is 0 Å². The molecule has 9 heteroatoms. The first-order valence-electron chi connectivity index (χ1n) is 9.88. The molecule has 3 heterocycles. The summed E-state index contributed by atoms with van der Waals surface area (Å²) in [4.78, 5) is 48.4. The first kappa shape index (κ1) is 19.4. The number of hydrogen-bond acceptors (Lipinski definition) is 5. The van der Waals surface area contributed by atoms with E-state index in [1.165, 1.54) is 0 Å². The van der Waals surface area contributed by atoms with Crippen LogP contribution in [0.25, 0.3) is 0 Å². The second-order valence-corrected chi connectivity index (χ2v) is 7.59. The van der Waals surface area contributed by atoms with E-state index in [2.05, 4.69) is 16.0 Å². The van der Waals surface area contributed by atoms with Gasteiger partial charge in [0, 0.05) is 31.9 Å². The van der Waals surface area contributed by atoms with Crippen molar-refractivity contribution >= 4 is 23.8 Å². The van der Waals surface area contributed by atoms with Gasteiger partial charge in [-0.2, -0.15) is 0 Å². The van der Waals surface area contributed by atoms with Gasteiger partial charge in [0.1, 0.15) is 12.8 Å². The van der Waals surface area contributed by atoms with Crippen LogP contribution in [0.1, 0.15) is 42.9 Å². The SMILES string of the molecule is O=C(CN1C(=O)CCC1=O)NCc1cccc([C@@H]2NC(=O)N[C@H]3OCCC[C@H]32)c1. The molecule has 0 aromatic heterocycles. The zero-order valence-corrected chi connectivity index (χ0v) is 16.0. The highest BCUT2D eigenvalue weighted by molar-refractivity contribution is 6.04. The van der Waals surface area contributed by atoms with Crippen LogP contribution >= 0.6 is 0 Å². The summed E-state index contributed by atoms with van der Waals surface area (Å²) in [5.74, 6) is -0.857. The predicted molar refractivity (Wildman–Crippen MR) is 101 cm³/mol. The highest BCUT2D eigenvalue weighted by Crippen LogP contribution is 2.34. The van der Waals surface area contributed by atoms with Gasteiger partial charge in [-0.3, -0.25) is 19.3 Å². The fourth-order valence-corrected chi connectivity index (χ4v) is 4.14. The van der Waals surface area contributed by atoms with Crippen LogP contribution in [-0.4, -0.2) is 48.0 Å². The molecule has 0 bridgehead atoms. The molecule has 0 saturated carbocycles. The first-order valence-corrected chi connectivity index (χ1v) is 9.88. The van der Waals surface area contributed by atoms with Gasteiger partial charge in [0.15, 0.2) is 0 Å². The topological polar surface area (TPSA) is 117 Å². The highest BCUT2D eigenvalue weighted by atomic mass is 16.5. The number of rotatable bonds is 5. The van der Waals surface area contributed by atoms with Crippen molar-refractivity contribution in [2.45, 2.75) is 44.5 Å². The molecule has 3 saturated heterocycles. The van der Waals surface area contributed by atoms with Crippen LogP contribution in [0.2, 0.25) is 0 Å². The van der Waals surface area contributed by atoms with Crippen LogP contribution in [0, 0.1) is 5.92 Å². The standard InChI is InChI=1S/C20H24N4O5/c25-15(11-24-16(26)6-7-17(24)27)21-10-12-3-1-4-13(9-12)18-14-5-2-8-29-19(14)23-20(28)22-18/h1,3-4,9,14,18-19H,2,5-8,10-11H2,(H,21,25)(H2,22,23,28)/t14-,18-,19-/m0/s1. The van der Waals surface area contributed by atoms with E-state index in [0.717, 1.165) is 28.9 Å². The second kappa shape index (κ2) is 8.20. The quantitative estimate of drug-likeness (QED) is 0.625. The molecular formula is C20H24N4O5. The number of carbonyl (C=O) groups is 4. The zero-order valence-electron chi connectivity index (χ0n) is 16.0. The predicted octanol–water partition coefficient (Wildman–Crippen LogP) is 0.558. The molecule has 3 aliphatic heterocycles. The Morgan fingerprint density at radius 3 is 2.76 bits per heavy atom. The lowest BCUT2D eigenvalue weighted by Gasteiger charge is -2.42. The van der Waals surface area contributed by atoms with Gasteiger partial charge in [0.25, 0.3) is 0 Å². The number of ether oxygens (including phenoxy) is 1. The van der Waals surface area contributed by atoms with Gasteiger partial charge in [-0.15, -0.1) is 0 Å². The minimum Gasteiger partial charge on any atom is -0.358 e. The number of benzene rings is 1. The molecule has 0 unspecified atom stereocenters. The number of amides is 5. The van der Waals surface area contributed by atoms with E-state index in [1.807, 2.05) is 24.3 Å². The van der Waals surface area contributed by atoms with Crippen molar-refractivity contribution < 1.29 is 23.9 Å². The smallest absolute Gasteiger partial charge is 0.317 e. The monoisotopic (exact) mass is 400 g/mol. The highest BCUT2D eigenvalue weighted by Gasteiger charge is 2.39. The lowest BCUT2D eigenvalue weighted by atomic mass is 9.85. The lowest BCUT2D eigenvalue weighted by molar-refractivity contribution is -0.142. The number of carbonyl (C=O) groups excluding carboxylic acids is 4. The number of fused-ring (bicyclic) bond motifs is 1. The fraction of sp³-hybridized carbons (Fsp3) is 0.500. The molecule has 0 radical (unpaired) electrons. The number of imide groups is 1. The normalized spacial score (nSPS) is 26.6. The fourth-order valence-electron chi connectivity index (χ4n) is 4.14. The molecule has 3 N–H and O–H groups in total. The summed E-state index contributed by atoms with van der Waals surface area (Å²) in [6.45, 7) is 0.664. The Morgan fingerprint density at radius 1 is 1.17 bits per heavy atom. The molecule has 5 amide bonds. The van der Waals surface area contributed by atoms with Crippen molar-refractivity contribution in [2.75, 3.05) is 13.2 Å². The second-order valence-electron chi connectivity index (χ2n) is 7.59. The molecular weight excluding hydrogens is 376 g/mol. The van der Waals surface area contributed by atoms with Crippen molar-refractivity contribution in [2.24, 2.45) is 5.92 Å². The van der Waals surface area contributed by atoms with Crippen molar-refractivity contribution in [3.05, 3.63) is 35.4 Å². The van der Waals surface area contributed by atoms with Crippen molar-refractivity contribution in [3.8, 4) is 0 Å². The van der Waals surface area contributed by atoms with E-state index in [9.17, 15) is 19.2 Å².